The van der Waals surface area contributed by atoms with Crippen LogP contribution in [0.2, 0.25) is 0 Å². The fourth-order valence-corrected chi connectivity index (χ4v) is 1.02. The molecule has 3 nitrogen and oxygen atoms in total. The topological polar surface area (TPSA) is 46.5 Å². The predicted octanol–water partition coefficient (Wildman–Crippen LogP) is 2.34. The van der Waals surface area contributed by atoms with Crippen molar-refractivity contribution >= 4 is 28.6 Å². The number of benzene rings is 1. The van der Waals surface area contributed by atoms with Crippen LogP contribution >= 0.6 is 11.6 Å². The molecule has 1 aromatic rings. The van der Waals surface area contributed by atoms with Crippen LogP contribution in [0.15, 0.2) is 23.2 Å². The monoisotopic (exact) mass is 195 g/mol. The lowest BCUT2D eigenvalue weighted by molar-refractivity contribution is 0.108. The minimum atomic E-state index is -0.567. The van der Waals surface area contributed by atoms with E-state index in [1.54, 1.807) is 19.1 Å². The third-order valence-electron chi connectivity index (χ3n) is 1.60. The molecule has 0 aliphatic carbocycles. The Balaban J connectivity index is 3.26. The van der Waals surface area contributed by atoms with Gasteiger partial charge in [-0.1, -0.05) is 6.07 Å². The first-order valence-corrected chi connectivity index (χ1v) is 3.91. The third kappa shape index (κ3) is 2.25. The zero-order chi connectivity index (χ0) is 9.84. The van der Waals surface area contributed by atoms with Gasteiger partial charge < -0.3 is 0 Å². The molecule has 13 heavy (non-hydrogen) atoms. The molecule has 0 aromatic heterocycles. The zero-order valence-corrected chi connectivity index (χ0v) is 7.63. The Morgan fingerprint density at radius 3 is 2.77 bits per heavy atom. The van der Waals surface area contributed by atoms with E-state index in [1.165, 1.54) is 12.1 Å². The van der Waals surface area contributed by atoms with Gasteiger partial charge in [-0.15, -0.1) is 0 Å². The second-order valence-corrected chi connectivity index (χ2v) is 2.82. The van der Waals surface area contributed by atoms with Crippen molar-refractivity contribution in [1.82, 2.24) is 0 Å². The van der Waals surface area contributed by atoms with Gasteiger partial charge in [-0.25, -0.2) is 4.79 Å². The van der Waals surface area contributed by atoms with E-state index in [9.17, 15) is 9.59 Å². The zero-order valence-electron chi connectivity index (χ0n) is 6.87. The van der Waals surface area contributed by atoms with Gasteiger partial charge in [-0.2, -0.15) is 4.99 Å². The number of hydrogen-bond donors (Lipinski definition) is 0. The van der Waals surface area contributed by atoms with Crippen molar-refractivity contribution in [2.45, 2.75) is 6.92 Å². The van der Waals surface area contributed by atoms with Gasteiger partial charge in [0.15, 0.2) is 0 Å². The highest BCUT2D eigenvalue weighted by Gasteiger charge is 2.04. The summed E-state index contributed by atoms with van der Waals surface area (Å²) < 4.78 is 0. The molecular formula is C9H6ClNO2. The minimum absolute atomic E-state index is 0.321. The summed E-state index contributed by atoms with van der Waals surface area (Å²) in [5.41, 5.74) is 1.53. The van der Waals surface area contributed by atoms with E-state index in [4.69, 9.17) is 11.6 Å². The molecule has 0 saturated heterocycles. The Kier molecular flexibility index (Phi) is 2.96. The van der Waals surface area contributed by atoms with Crippen molar-refractivity contribution in [1.29, 1.82) is 0 Å². The predicted molar refractivity (Wildman–Crippen MR) is 49.1 cm³/mol. The van der Waals surface area contributed by atoms with E-state index in [2.05, 4.69) is 4.99 Å². The quantitative estimate of drug-likeness (QED) is 0.413. The Bertz CT molecular complexity index is 395. The van der Waals surface area contributed by atoms with Gasteiger partial charge >= 0.3 is 0 Å². The standard InChI is InChI=1S/C9H6ClNO2/c1-6-2-3-7(9(10)13)4-8(6)11-5-12/h2-4H,1H3. The van der Waals surface area contributed by atoms with Crippen LogP contribution in [0.25, 0.3) is 0 Å². The molecule has 0 aliphatic rings. The van der Waals surface area contributed by atoms with Crippen molar-refractivity contribution in [2.24, 2.45) is 4.99 Å². The van der Waals surface area contributed by atoms with Crippen LogP contribution in [0.4, 0.5) is 5.69 Å². The molecule has 4 heteroatoms. The van der Waals surface area contributed by atoms with Crippen molar-refractivity contribution in [2.75, 3.05) is 0 Å². The molecule has 1 aromatic carbocycles. The van der Waals surface area contributed by atoms with Gasteiger partial charge in [0.05, 0.1) is 5.69 Å². The summed E-state index contributed by atoms with van der Waals surface area (Å²) in [6, 6.07) is 4.70. The van der Waals surface area contributed by atoms with Crippen molar-refractivity contribution in [3.63, 3.8) is 0 Å². The van der Waals surface area contributed by atoms with Gasteiger partial charge in [0.25, 0.3) is 5.24 Å². The number of isocyanates is 1. The number of carbonyl (C=O) groups is 1. The number of halogens is 1. The molecule has 0 N–H and O–H groups in total. The van der Waals surface area contributed by atoms with Crippen LogP contribution in [0.1, 0.15) is 15.9 Å². The third-order valence-corrected chi connectivity index (χ3v) is 1.82. The molecule has 0 saturated carbocycles. The summed E-state index contributed by atoms with van der Waals surface area (Å²) >= 11 is 5.25. The first-order valence-electron chi connectivity index (χ1n) is 3.53. The van der Waals surface area contributed by atoms with Crippen LogP contribution in [-0.2, 0) is 4.79 Å². The Hall–Kier alpha value is -1.44. The lowest BCUT2D eigenvalue weighted by Crippen LogP contribution is -1.88. The fraction of sp³-hybridized carbons (Fsp3) is 0.111. The highest BCUT2D eigenvalue weighted by atomic mass is 35.5. The second-order valence-electron chi connectivity index (χ2n) is 2.48. The minimum Gasteiger partial charge on any atom is -0.276 e. The van der Waals surface area contributed by atoms with Crippen LogP contribution in [0, 0.1) is 6.92 Å². The number of nitrogens with zero attached hydrogens (tertiary/aromatic N) is 1. The second kappa shape index (κ2) is 3.99. The molecule has 0 bridgehead atoms. The summed E-state index contributed by atoms with van der Waals surface area (Å²) in [6.07, 6.45) is 1.41. The van der Waals surface area contributed by atoms with Crippen LogP contribution < -0.4 is 0 Å². The fourth-order valence-electron chi connectivity index (χ4n) is 0.901. The molecule has 66 valence electrons. The largest absolute Gasteiger partial charge is 0.276 e. The average molecular weight is 196 g/mol. The lowest BCUT2D eigenvalue weighted by atomic mass is 10.1. The number of hydrogen-bond acceptors (Lipinski definition) is 3. The number of rotatable bonds is 2. The maximum atomic E-state index is 10.7. The van der Waals surface area contributed by atoms with Gasteiger partial charge in [0.1, 0.15) is 0 Å². The first kappa shape index (κ1) is 9.65. The molecule has 0 amide bonds. The summed E-state index contributed by atoms with van der Waals surface area (Å²) in [5, 5.41) is -0.567. The van der Waals surface area contributed by atoms with Crippen molar-refractivity contribution < 1.29 is 9.59 Å². The summed E-state index contributed by atoms with van der Waals surface area (Å²) in [4.78, 5) is 24.2. The molecule has 0 atom stereocenters. The van der Waals surface area contributed by atoms with E-state index in [0.29, 0.717) is 11.3 Å². The molecule has 0 spiro atoms. The number of carbonyl (C=O) groups excluding carboxylic acids is 2. The highest BCUT2D eigenvalue weighted by molar-refractivity contribution is 6.67. The Morgan fingerprint density at radius 1 is 1.54 bits per heavy atom. The molecule has 0 radical (unpaired) electrons. The molecule has 0 fully saturated rings. The summed E-state index contributed by atoms with van der Waals surface area (Å²) in [6.45, 7) is 1.78. The number of aliphatic imine (C=N–C) groups is 1. The van der Waals surface area contributed by atoms with E-state index < -0.39 is 5.24 Å². The molecule has 0 unspecified atom stereocenters. The molecular weight excluding hydrogens is 190 g/mol. The van der Waals surface area contributed by atoms with Crippen LogP contribution in [0.5, 0.6) is 0 Å². The Morgan fingerprint density at radius 2 is 2.23 bits per heavy atom. The Labute approximate surface area is 80.0 Å². The van der Waals surface area contributed by atoms with Gasteiger partial charge in [-0.05, 0) is 36.2 Å². The highest BCUT2D eigenvalue weighted by Crippen LogP contribution is 2.20. The average Bonchev–Trinajstić information content (AvgIpc) is 2.08. The lowest BCUT2D eigenvalue weighted by Gasteiger charge is -1.98. The normalized spacial score (nSPS) is 9.08. The van der Waals surface area contributed by atoms with E-state index in [-0.39, 0.29) is 0 Å². The van der Waals surface area contributed by atoms with Gasteiger partial charge in [-0.3, -0.25) is 4.79 Å². The van der Waals surface area contributed by atoms with Crippen molar-refractivity contribution in [3.8, 4) is 0 Å². The van der Waals surface area contributed by atoms with Crippen LogP contribution in [-0.4, -0.2) is 11.3 Å². The van der Waals surface area contributed by atoms with Gasteiger partial charge in [0, 0.05) is 5.56 Å². The van der Waals surface area contributed by atoms with E-state index >= 15 is 0 Å². The smallest absolute Gasteiger partial charge is 0.252 e. The SMILES string of the molecule is Cc1ccc(C(=O)Cl)cc1N=C=O. The molecule has 0 aliphatic heterocycles. The first-order chi connectivity index (χ1) is 6.15. The van der Waals surface area contributed by atoms with Gasteiger partial charge in [0.2, 0.25) is 6.08 Å². The van der Waals surface area contributed by atoms with Crippen molar-refractivity contribution in [3.05, 3.63) is 29.3 Å². The molecule has 0 heterocycles. The maximum absolute atomic E-state index is 10.7. The maximum Gasteiger partial charge on any atom is 0.252 e. The summed E-state index contributed by atoms with van der Waals surface area (Å²) in [7, 11) is 0. The summed E-state index contributed by atoms with van der Waals surface area (Å²) in [5.74, 6) is 0. The van der Waals surface area contributed by atoms with E-state index in [1.807, 2.05) is 0 Å². The number of aryl methyl sites for hydroxylation is 1. The molecule has 1 rings (SSSR count). The van der Waals surface area contributed by atoms with E-state index in [0.717, 1.165) is 5.56 Å². The van der Waals surface area contributed by atoms with Crippen LogP contribution in [0.3, 0.4) is 0 Å².